The number of carboxylic acids is 1. The molecule has 0 amide bonds. The van der Waals surface area contributed by atoms with Gasteiger partial charge < -0.3 is 9.84 Å². The first-order valence-electron chi connectivity index (χ1n) is 5.92. The van der Waals surface area contributed by atoms with Crippen LogP contribution in [-0.2, 0) is 4.79 Å². The van der Waals surface area contributed by atoms with Crippen molar-refractivity contribution in [3.05, 3.63) is 28.2 Å². The minimum atomic E-state index is -1.19. The van der Waals surface area contributed by atoms with Crippen molar-refractivity contribution in [1.82, 2.24) is 0 Å². The van der Waals surface area contributed by atoms with Crippen LogP contribution in [0.25, 0.3) is 0 Å². The van der Waals surface area contributed by atoms with Gasteiger partial charge in [0, 0.05) is 0 Å². The van der Waals surface area contributed by atoms with Crippen LogP contribution in [0, 0.1) is 0 Å². The molecule has 0 spiro atoms. The van der Waals surface area contributed by atoms with E-state index in [4.69, 9.17) is 27.9 Å². The summed E-state index contributed by atoms with van der Waals surface area (Å²) in [4.78, 5) is 11.5. The number of carboxylic acid groups (broad SMARTS) is 1. The molecule has 0 saturated heterocycles. The fourth-order valence-corrected chi connectivity index (χ4v) is 2.73. The summed E-state index contributed by atoms with van der Waals surface area (Å²) in [7, 11) is 0. The monoisotopic (exact) mass is 288 g/mol. The van der Waals surface area contributed by atoms with Gasteiger partial charge >= 0.3 is 5.97 Å². The number of benzene rings is 1. The molecule has 1 aromatic rings. The van der Waals surface area contributed by atoms with Crippen molar-refractivity contribution in [3.63, 3.8) is 0 Å². The van der Waals surface area contributed by atoms with Gasteiger partial charge in [-0.25, -0.2) is 4.79 Å². The molecular weight excluding hydrogens is 275 g/mol. The predicted octanol–water partition coefficient (Wildman–Crippen LogP) is 4.16. The highest BCUT2D eigenvalue weighted by molar-refractivity contribution is 6.37. The van der Waals surface area contributed by atoms with Crippen molar-refractivity contribution in [2.75, 3.05) is 0 Å². The number of rotatable bonds is 3. The first-order chi connectivity index (χ1) is 8.55. The summed E-state index contributed by atoms with van der Waals surface area (Å²) in [6.07, 6.45) is 3.70. The van der Waals surface area contributed by atoms with Gasteiger partial charge in [-0.2, -0.15) is 0 Å². The van der Waals surface area contributed by atoms with E-state index >= 15 is 0 Å². The first kappa shape index (κ1) is 13.5. The van der Waals surface area contributed by atoms with Crippen LogP contribution in [0.5, 0.6) is 5.75 Å². The summed E-state index contributed by atoms with van der Waals surface area (Å²) in [5, 5.41) is 10.1. The molecule has 1 N–H and O–H groups in total. The van der Waals surface area contributed by atoms with Crippen LogP contribution < -0.4 is 4.74 Å². The van der Waals surface area contributed by atoms with Crippen molar-refractivity contribution < 1.29 is 14.6 Å². The van der Waals surface area contributed by atoms with Crippen LogP contribution in [0.4, 0.5) is 0 Å². The van der Waals surface area contributed by atoms with Crippen molar-refractivity contribution in [2.24, 2.45) is 0 Å². The second kappa shape index (κ2) is 5.37. The lowest BCUT2D eigenvalue weighted by Gasteiger charge is -2.34. The number of hydrogen-bond donors (Lipinski definition) is 1. The van der Waals surface area contributed by atoms with Crippen molar-refractivity contribution in [2.45, 2.75) is 37.7 Å². The molecule has 0 aromatic heterocycles. The highest BCUT2D eigenvalue weighted by atomic mass is 35.5. The smallest absolute Gasteiger partial charge is 0.348 e. The minimum absolute atomic E-state index is 0.269. The van der Waals surface area contributed by atoms with Gasteiger partial charge in [0.05, 0.1) is 10.0 Å². The molecular formula is C13H14Cl2O3. The van der Waals surface area contributed by atoms with Gasteiger partial charge in [0.15, 0.2) is 5.75 Å². The maximum absolute atomic E-state index is 11.5. The summed E-state index contributed by atoms with van der Waals surface area (Å²) < 4.78 is 5.70. The summed E-state index contributed by atoms with van der Waals surface area (Å²) in [6.45, 7) is 0. The second-order valence-corrected chi connectivity index (χ2v) is 5.33. The molecule has 5 heteroatoms. The lowest BCUT2D eigenvalue weighted by molar-refractivity contribution is -0.158. The van der Waals surface area contributed by atoms with Crippen molar-refractivity contribution in [3.8, 4) is 5.75 Å². The number of halogens is 2. The molecule has 0 radical (unpaired) electrons. The third-order valence-corrected chi connectivity index (χ3v) is 3.86. The third-order valence-electron chi connectivity index (χ3n) is 3.27. The van der Waals surface area contributed by atoms with Gasteiger partial charge in [-0.15, -0.1) is 0 Å². The molecule has 1 saturated carbocycles. The molecule has 0 heterocycles. The largest absolute Gasteiger partial charge is 0.478 e. The van der Waals surface area contributed by atoms with Crippen LogP contribution in [0.3, 0.4) is 0 Å². The maximum Gasteiger partial charge on any atom is 0.348 e. The quantitative estimate of drug-likeness (QED) is 0.908. The Bertz CT molecular complexity index is 433. The fraction of sp³-hybridized carbons (Fsp3) is 0.462. The number of carbonyl (C=O) groups is 1. The molecule has 1 aromatic carbocycles. The summed E-state index contributed by atoms with van der Waals surface area (Å²) in [6, 6.07) is 4.98. The topological polar surface area (TPSA) is 46.5 Å². The maximum atomic E-state index is 11.5. The Kier molecular flexibility index (Phi) is 4.03. The Morgan fingerprint density at radius 1 is 1.17 bits per heavy atom. The van der Waals surface area contributed by atoms with Crippen LogP contribution >= 0.6 is 23.2 Å². The van der Waals surface area contributed by atoms with Gasteiger partial charge in [-0.3, -0.25) is 0 Å². The first-order valence-corrected chi connectivity index (χ1v) is 6.67. The Balaban J connectivity index is 2.32. The average Bonchev–Trinajstić information content (AvgIpc) is 2.35. The van der Waals surface area contributed by atoms with E-state index in [2.05, 4.69) is 0 Å². The van der Waals surface area contributed by atoms with E-state index < -0.39 is 11.6 Å². The van der Waals surface area contributed by atoms with E-state index in [0.717, 1.165) is 19.3 Å². The van der Waals surface area contributed by atoms with Crippen LogP contribution in [-0.4, -0.2) is 16.7 Å². The second-order valence-electron chi connectivity index (χ2n) is 4.51. The van der Waals surface area contributed by atoms with E-state index in [-0.39, 0.29) is 5.75 Å². The Hall–Kier alpha value is -0.930. The SMILES string of the molecule is O=C(O)C1(Oc2c(Cl)cccc2Cl)CCCCC1. The molecule has 0 unspecified atom stereocenters. The molecule has 18 heavy (non-hydrogen) atoms. The van der Waals surface area contributed by atoms with Gasteiger partial charge in [-0.05, 0) is 37.8 Å². The number of hydrogen-bond acceptors (Lipinski definition) is 2. The summed E-state index contributed by atoms with van der Waals surface area (Å²) in [5.41, 5.74) is -1.19. The Morgan fingerprint density at radius 3 is 2.22 bits per heavy atom. The molecule has 0 bridgehead atoms. The average molecular weight is 289 g/mol. The Labute approximate surface area is 116 Å². The fourth-order valence-electron chi connectivity index (χ4n) is 2.26. The van der Waals surface area contributed by atoms with E-state index in [1.807, 2.05) is 0 Å². The zero-order valence-electron chi connectivity index (χ0n) is 9.79. The van der Waals surface area contributed by atoms with E-state index in [0.29, 0.717) is 22.9 Å². The predicted molar refractivity (Wildman–Crippen MR) is 70.5 cm³/mol. The molecule has 3 nitrogen and oxygen atoms in total. The summed E-state index contributed by atoms with van der Waals surface area (Å²) in [5.74, 6) is -0.677. The lowest BCUT2D eigenvalue weighted by Crippen LogP contribution is -2.46. The third kappa shape index (κ3) is 2.57. The lowest BCUT2D eigenvalue weighted by atomic mass is 9.84. The zero-order chi connectivity index (χ0) is 13.2. The zero-order valence-corrected chi connectivity index (χ0v) is 11.3. The van der Waals surface area contributed by atoms with Gasteiger partial charge in [0.1, 0.15) is 0 Å². The normalized spacial score (nSPS) is 18.3. The number of ether oxygens (including phenoxy) is 1. The highest BCUT2D eigenvalue weighted by Gasteiger charge is 2.42. The van der Waals surface area contributed by atoms with Gasteiger partial charge in [0.2, 0.25) is 5.60 Å². The Morgan fingerprint density at radius 2 is 1.72 bits per heavy atom. The molecule has 0 atom stereocenters. The standard InChI is InChI=1S/C13H14Cl2O3/c14-9-5-4-6-10(15)11(9)18-13(12(16)17)7-2-1-3-8-13/h4-6H,1-3,7-8H2,(H,16,17). The molecule has 1 aliphatic rings. The summed E-state index contributed by atoms with van der Waals surface area (Å²) >= 11 is 12.0. The number of para-hydroxylation sites is 1. The van der Waals surface area contributed by atoms with E-state index in [1.165, 1.54) is 0 Å². The minimum Gasteiger partial charge on any atom is -0.478 e. The molecule has 98 valence electrons. The molecule has 0 aliphatic heterocycles. The highest BCUT2D eigenvalue weighted by Crippen LogP contribution is 2.39. The number of aliphatic carboxylic acids is 1. The van der Waals surface area contributed by atoms with Crippen molar-refractivity contribution >= 4 is 29.2 Å². The molecule has 1 aliphatic carbocycles. The van der Waals surface area contributed by atoms with Crippen LogP contribution in [0.2, 0.25) is 10.0 Å². The molecule has 2 rings (SSSR count). The van der Waals surface area contributed by atoms with Crippen LogP contribution in [0.1, 0.15) is 32.1 Å². The van der Waals surface area contributed by atoms with E-state index in [1.54, 1.807) is 18.2 Å². The van der Waals surface area contributed by atoms with E-state index in [9.17, 15) is 9.90 Å². The van der Waals surface area contributed by atoms with Crippen LogP contribution in [0.15, 0.2) is 18.2 Å². The van der Waals surface area contributed by atoms with Gasteiger partial charge in [0.25, 0.3) is 0 Å². The molecule has 1 fully saturated rings. The van der Waals surface area contributed by atoms with Gasteiger partial charge in [-0.1, -0.05) is 35.7 Å². The van der Waals surface area contributed by atoms with Crippen molar-refractivity contribution in [1.29, 1.82) is 0 Å².